The number of nitrogens with zero attached hydrogens (tertiary/aromatic N) is 2. The summed E-state index contributed by atoms with van der Waals surface area (Å²) in [6.45, 7) is 0. The van der Waals surface area contributed by atoms with E-state index in [1.165, 1.54) is 50.1 Å². The second kappa shape index (κ2) is 8.06. The molecule has 0 saturated heterocycles. The molecule has 0 spiro atoms. The van der Waals surface area contributed by atoms with Crippen LogP contribution >= 0.6 is 0 Å². The number of carbonyl (C=O) groups is 6. The van der Waals surface area contributed by atoms with Crippen LogP contribution in [0.3, 0.4) is 0 Å². The largest absolute Gasteiger partial charge is 0.507 e. The quantitative estimate of drug-likeness (QED) is 0.433. The summed E-state index contributed by atoms with van der Waals surface area (Å²) >= 11 is 0. The van der Waals surface area contributed by atoms with Crippen molar-refractivity contribution in [2.75, 3.05) is 28.2 Å². The number of primary amides is 1. The van der Waals surface area contributed by atoms with Crippen LogP contribution in [0, 0.1) is 23.7 Å². The highest BCUT2D eigenvalue weighted by atomic mass is 16.3. The predicted octanol–water partition coefficient (Wildman–Crippen LogP) is -1.43. The summed E-state index contributed by atoms with van der Waals surface area (Å²) < 4.78 is 0. The number of hydrogen-bond donors (Lipinski definition) is 3. The van der Waals surface area contributed by atoms with Crippen LogP contribution < -0.4 is 5.73 Å². The average Bonchev–Trinajstić information content (AvgIpc) is 2.75. The van der Waals surface area contributed by atoms with Crippen molar-refractivity contribution < 1.29 is 39.0 Å². The third-order valence-electron chi connectivity index (χ3n) is 7.58. The topological polar surface area (TPSA) is 175 Å². The van der Waals surface area contributed by atoms with Gasteiger partial charge in [-0.1, -0.05) is 0 Å². The van der Waals surface area contributed by atoms with Crippen molar-refractivity contribution in [1.29, 1.82) is 0 Å². The van der Waals surface area contributed by atoms with Crippen LogP contribution in [0.5, 0.6) is 5.75 Å². The molecule has 1 aromatic rings. The van der Waals surface area contributed by atoms with Gasteiger partial charge >= 0.3 is 0 Å². The number of benzene rings is 1. The zero-order valence-electron chi connectivity index (χ0n) is 19.8. The minimum Gasteiger partial charge on any atom is -0.507 e. The molecule has 0 aromatic heterocycles. The number of carbonyl (C=O) groups excluding carboxylic acids is 6. The number of aromatic hydroxyl groups is 1. The van der Waals surface area contributed by atoms with Gasteiger partial charge in [0.15, 0.2) is 34.7 Å². The molecule has 0 aliphatic heterocycles. The maximum atomic E-state index is 13.7. The number of ketones is 4. The lowest BCUT2D eigenvalue weighted by Gasteiger charge is -2.52. The van der Waals surface area contributed by atoms with Crippen molar-refractivity contribution >= 4 is 34.9 Å². The number of phenols is 1. The number of Topliss-reactive ketones (excluding diaryl/α,β-unsaturated/α-hetero) is 4. The maximum absolute atomic E-state index is 13.7. The summed E-state index contributed by atoms with van der Waals surface area (Å²) in [6.07, 6.45) is -0.0374. The lowest BCUT2D eigenvalue weighted by molar-refractivity contribution is -0.181. The van der Waals surface area contributed by atoms with Gasteiger partial charge in [0.05, 0.1) is 17.5 Å². The molecule has 3 aliphatic carbocycles. The molecule has 11 heteroatoms. The normalized spacial score (nSPS) is 32.1. The van der Waals surface area contributed by atoms with Gasteiger partial charge in [-0.05, 0) is 50.6 Å². The number of likely N-dealkylation sites (N-methyl/N-ethyl adjacent to an activating group) is 1. The molecule has 2 saturated carbocycles. The van der Waals surface area contributed by atoms with E-state index in [0.29, 0.717) is 0 Å². The molecule has 3 aliphatic rings. The standard InChI is InChI=1S/C24H27N3O8/c1-26(2)17-12-8-9-7-11-10(23(34)27(3)4)5-6-13(28)15(11)18(29)14(9)20(31)24(12,35)21(32)16(19(17)30)22(25)33/h5-6,9,12,14,16-17,28,35H,7-8H2,1-4H3,(H2,25,33)/t9-,12-,14?,16?,17-,24-/m1/s1. The SMILES string of the molecule is CN(C)C(=O)c1ccc(O)c2c1C[C@@H]1C[C@@H]3[C@@H](N(C)C)C(=O)C(C(N)=O)C(=O)[C@]3(O)C(=O)C1C2=O. The first-order chi connectivity index (χ1) is 16.2. The molecule has 4 rings (SSSR count). The monoisotopic (exact) mass is 485 g/mol. The van der Waals surface area contributed by atoms with E-state index in [4.69, 9.17) is 5.73 Å². The smallest absolute Gasteiger partial charge is 0.253 e. The fourth-order valence-electron chi connectivity index (χ4n) is 6.05. The highest BCUT2D eigenvalue weighted by Crippen LogP contribution is 2.51. The Morgan fingerprint density at radius 3 is 2.23 bits per heavy atom. The van der Waals surface area contributed by atoms with E-state index >= 15 is 0 Å². The Balaban J connectivity index is 1.89. The highest BCUT2D eigenvalue weighted by Gasteiger charge is 2.69. The van der Waals surface area contributed by atoms with Gasteiger partial charge < -0.3 is 20.8 Å². The van der Waals surface area contributed by atoms with Crippen LogP contribution in [0.4, 0.5) is 0 Å². The molecule has 2 amide bonds. The van der Waals surface area contributed by atoms with Crippen molar-refractivity contribution in [3.05, 3.63) is 28.8 Å². The molecule has 2 unspecified atom stereocenters. The molecule has 6 atom stereocenters. The molecule has 0 heterocycles. The van der Waals surface area contributed by atoms with Crippen molar-refractivity contribution in [2.24, 2.45) is 29.4 Å². The summed E-state index contributed by atoms with van der Waals surface area (Å²) in [5.74, 6) is -11.6. The maximum Gasteiger partial charge on any atom is 0.253 e. The molecular weight excluding hydrogens is 458 g/mol. The fourth-order valence-corrected chi connectivity index (χ4v) is 6.05. The molecule has 11 nitrogen and oxygen atoms in total. The van der Waals surface area contributed by atoms with Gasteiger partial charge in [-0.2, -0.15) is 0 Å². The minimum absolute atomic E-state index is 0.0369. The van der Waals surface area contributed by atoms with Crippen LogP contribution in [0.15, 0.2) is 12.1 Å². The number of rotatable bonds is 3. The fraction of sp³-hybridized carbons (Fsp3) is 0.500. The Labute approximate surface area is 200 Å². The Bertz CT molecular complexity index is 1210. The van der Waals surface area contributed by atoms with Crippen LogP contribution in [-0.4, -0.2) is 94.8 Å². The minimum atomic E-state index is -2.77. The second-order valence-corrected chi connectivity index (χ2v) is 9.97. The number of fused-ring (bicyclic) bond motifs is 3. The molecule has 0 radical (unpaired) electrons. The summed E-state index contributed by atoms with van der Waals surface area (Å²) in [7, 11) is 6.10. The third-order valence-corrected chi connectivity index (χ3v) is 7.58. The summed E-state index contributed by atoms with van der Waals surface area (Å²) in [5, 5.41) is 22.0. The van der Waals surface area contributed by atoms with Crippen molar-refractivity contribution in [1.82, 2.24) is 9.80 Å². The number of aliphatic hydroxyl groups is 1. The van der Waals surface area contributed by atoms with E-state index in [2.05, 4.69) is 0 Å². The summed E-state index contributed by atoms with van der Waals surface area (Å²) in [5.41, 5.74) is 2.78. The molecular formula is C24H27N3O8. The van der Waals surface area contributed by atoms with Gasteiger partial charge in [-0.15, -0.1) is 0 Å². The third kappa shape index (κ3) is 3.25. The number of amides is 2. The van der Waals surface area contributed by atoms with Crippen LogP contribution in [-0.2, 0) is 25.6 Å². The van der Waals surface area contributed by atoms with Gasteiger partial charge in [0.25, 0.3) is 5.91 Å². The molecule has 186 valence electrons. The Hall–Kier alpha value is -3.44. The predicted molar refractivity (Wildman–Crippen MR) is 119 cm³/mol. The first kappa shape index (κ1) is 24.7. The van der Waals surface area contributed by atoms with Crippen molar-refractivity contribution in [2.45, 2.75) is 24.5 Å². The number of phenolic OH excluding ortho intramolecular Hbond substituents is 1. The van der Waals surface area contributed by atoms with E-state index in [0.717, 1.165) is 0 Å². The lowest BCUT2D eigenvalue weighted by atomic mass is 9.52. The van der Waals surface area contributed by atoms with E-state index in [9.17, 15) is 39.0 Å². The van der Waals surface area contributed by atoms with Gasteiger partial charge in [-0.3, -0.25) is 33.7 Å². The zero-order chi connectivity index (χ0) is 26.1. The van der Waals surface area contributed by atoms with Gasteiger partial charge in [-0.25, -0.2) is 0 Å². The first-order valence-corrected chi connectivity index (χ1v) is 11.2. The average molecular weight is 485 g/mol. The van der Waals surface area contributed by atoms with E-state index in [-0.39, 0.29) is 29.5 Å². The van der Waals surface area contributed by atoms with E-state index < -0.39 is 76.0 Å². The zero-order valence-corrected chi connectivity index (χ0v) is 19.8. The summed E-state index contributed by atoms with van der Waals surface area (Å²) in [6, 6.07) is 1.41. The van der Waals surface area contributed by atoms with Gasteiger partial charge in [0.2, 0.25) is 5.91 Å². The Kier molecular flexibility index (Phi) is 5.68. The van der Waals surface area contributed by atoms with Gasteiger partial charge in [0.1, 0.15) is 5.75 Å². The van der Waals surface area contributed by atoms with Crippen LogP contribution in [0.2, 0.25) is 0 Å². The van der Waals surface area contributed by atoms with Gasteiger partial charge in [0, 0.05) is 25.6 Å². The molecule has 35 heavy (non-hydrogen) atoms. The van der Waals surface area contributed by atoms with Crippen molar-refractivity contribution in [3.63, 3.8) is 0 Å². The molecule has 0 bridgehead atoms. The van der Waals surface area contributed by atoms with E-state index in [1.807, 2.05) is 0 Å². The Morgan fingerprint density at radius 1 is 1.06 bits per heavy atom. The molecule has 4 N–H and O–H groups in total. The van der Waals surface area contributed by atoms with Crippen LogP contribution in [0.1, 0.15) is 32.7 Å². The molecule has 1 aromatic carbocycles. The number of hydrogen-bond acceptors (Lipinski definition) is 9. The lowest BCUT2D eigenvalue weighted by Crippen LogP contribution is -2.74. The van der Waals surface area contributed by atoms with Crippen molar-refractivity contribution in [3.8, 4) is 5.75 Å². The van der Waals surface area contributed by atoms with E-state index in [1.54, 1.807) is 0 Å². The Morgan fingerprint density at radius 2 is 1.69 bits per heavy atom. The molecule has 2 fully saturated rings. The number of nitrogens with two attached hydrogens (primary N) is 1. The van der Waals surface area contributed by atoms with Crippen LogP contribution in [0.25, 0.3) is 0 Å². The first-order valence-electron chi connectivity index (χ1n) is 11.2. The second-order valence-electron chi connectivity index (χ2n) is 9.97. The highest BCUT2D eigenvalue weighted by molar-refractivity contribution is 6.32. The summed E-state index contributed by atoms with van der Waals surface area (Å²) in [4.78, 5) is 81.0.